The van der Waals surface area contributed by atoms with Crippen molar-refractivity contribution in [2.24, 2.45) is 0 Å². The van der Waals surface area contributed by atoms with E-state index in [1.807, 2.05) is 60.0 Å². The molecule has 0 radical (unpaired) electrons. The van der Waals surface area contributed by atoms with Gasteiger partial charge in [-0.1, -0.05) is 29.8 Å². The molecule has 0 fully saturated rings. The van der Waals surface area contributed by atoms with Crippen LogP contribution in [0.3, 0.4) is 0 Å². The molecule has 1 N–H and O–H groups in total. The second-order valence-corrected chi connectivity index (χ2v) is 7.16. The van der Waals surface area contributed by atoms with Crippen molar-refractivity contribution in [2.45, 2.75) is 13.3 Å². The number of ketones is 1. The number of anilines is 1. The third-order valence-corrected chi connectivity index (χ3v) is 5.12. The Morgan fingerprint density at radius 1 is 1.03 bits per heavy atom. The molecule has 0 aliphatic heterocycles. The minimum atomic E-state index is -0.673. The number of carbonyl (C=O) groups is 2. The summed E-state index contributed by atoms with van der Waals surface area (Å²) < 4.78 is 1.97. The number of nitrogens with zero attached hydrogens (tertiary/aromatic N) is 2. The standard InChI is InChI=1S/C23H18ClN3O2/c1-15-20(14-16-5-7-17(24)8-6-16)27-13-3-2-4-19(27)21(15)22(28)23(29)26-18-9-11-25-12-10-18/h2-13H,14H2,1H3,(H,25,26,29). The van der Waals surface area contributed by atoms with Gasteiger partial charge in [0.2, 0.25) is 0 Å². The Morgan fingerprint density at radius 3 is 2.48 bits per heavy atom. The summed E-state index contributed by atoms with van der Waals surface area (Å²) in [6, 6.07) is 16.5. The molecule has 29 heavy (non-hydrogen) atoms. The van der Waals surface area contributed by atoms with Crippen LogP contribution in [0.15, 0.2) is 73.2 Å². The lowest BCUT2D eigenvalue weighted by Crippen LogP contribution is -2.23. The molecule has 4 rings (SSSR count). The third-order valence-electron chi connectivity index (χ3n) is 4.87. The number of benzene rings is 1. The number of aromatic nitrogens is 2. The topological polar surface area (TPSA) is 63.5 Å². The first kappa shape index (κ1) is 18.9. The zero-order valence-electron chi connectivity index (χ0n) is 15.7. The fraction of sp³-hybridized carbons (Fsp3) is 0.0870. The Labute approximate surface area is 173 Å². The molecule has 1 aromatic carbocycles. The second kappa shape index (κ2) is 7.89. The van der Waals surface area contributed by atoms with Crippen LogP contribution in [0.5, 0.6) is 0 Å². The highest BCUT2D eigenvalue weighted by molar-refractivity contribution is 6.48. The van der Waals surface area contributed by atoms with Gasteiger partial charge in [0.25, 0.3) is 11.7 Å². The number of hydrogen-bond acceptors (Lipinski definition) is 3. The summed E-state index contributed by atoms with van der Waals surface area (Å²) in [7, 11) is 0. The fourth-order valence-electron chi connectivity index (χ4n) is 3.44. The van der Waals surface area contributed by atoms with Crippen molar-refractivity contribution < 1.29 is 9.59 Å². The van der Waals surface area contributed by atoms with Gasteiger partial charge in [-0.25, -0.2) is 0 Å². The monoisotopic (exact) mass is 403 g/mol. The van der Waals surface area contributed by atoms with Gasteiger partial charge in [0.05, 0.1) is 11.1 Å². The second-order valence-electron chi connectivity index (χ2n) is 6.72. The number of halogens is 1. The first-order chi connectivity index (χ1) is 14.0. The maximum Gasteiger partial charge on any atom is 0.296 e. The molecule has 0 unspecified atom stereocenters. The summed E-state index contributed by atoms with van der Waals surface area (Å²) in [5.41, 5.74) is 4.48. The van der Waals surface area contributed by atoms with Crippen LogP contribution in [0.2, 0.25) is 5.02 Å². The van der Waals surface area contributed by atoms with Gasteiger partial charge in [0.1, 0.15) is 0 Å². The van der Waals surface area contributed by atoms with Gasteiger partial charge in [-0.2, -0.15) is 0 Å². The molecular weight excluding hydrogens is 386 g/mol. The number of amides is 1. The highest BCUT2D eigenvalue weighted by Gasteiger charge is 2.25. The van der Waals surface area contributed by atoms with Crippen LogP contribution in [-0.2, 0) is 11.2 Å². The average Bonchev–Trinajstić information content (AvgIpc) is 3.01. The van der Waals surface area contributed by atoms with E-state index in [0.717, 1.165) is 16.8 Å². The zero-order chi connectivity index (χ0) is 20.4. The van der Waals surface area contributed by atoms with Crippen LogP contribution < -0.4 is 5.32 Å². The van der Waals surface area contributed by atoms with Crippen LogP contribution in [-0.4, -0.2) is 21.1 Å². The Bertz CT molecular complexity index is 1200. The van der Waals surface area contributed by atoms with E-state index < -0.39 is 11.7 Å². The van der Waals surface area contributed by atoms with Crippen molar-refractivity contribution >= 4 is 34.5 Å². The van der Waals surface area contributed by atoms with E-state index in [-0.39, 0.29) is 0 Å². The largest absolute Gasteiger partial charge is 0.320 e. The highest BCUT2D eigenvalue weighted by atomic mass is 35.5. The fourth-order valence-corrected chi connectivity index (χ4v) is 3.56. The lowest BCUT2D eigenvalue weighted by Gasteiger charge is -2.05. The molecule has 0 atom stereocenters. The van der Waals surface area contributed by atoms with Crippen molar-refractivity contribution in [3.05, 3.63) is 101 Å². The van der Waals surface area contributed by atoms with Crippen LogP contribution in [0.25, 0.3) is 5.52 Å². The van der Waals surface area contributed by atoms with E-state index in [1.165, 1.54) is 0 Å². The number of Topliss-reactive ketones (excluding diaryl/α,β-unsaturated/α-hetero) is 1. The Morgan fingerprint density at radius 2 is 1.76 bits per heavy atom. The predicted octanol–water partition coefficient (Wildman–Crippen LogP) is 4.71. The molecule has 0 bridgehead atoms. The summed E-state index contributed by atoms with van der Waals surface area (Å²) >= 11 is 5.99. The summed E-state index contributed by atoms with van der Waals surface area (Å²) in [6.07, 6.45) is 5.64. The van der Waals surface area contributed by atoms with Crippen molar-refractivity contribution in [1.82, 2.24) is 9.38 Å². The number of rotatable bonds is 5. The first-order valence-electron chi connectivity index (χ1n) is 9.13. The van der Waals surface area contributed by atoms with E-state index in [2.05, 4.69) is 10.3 Å². The molecule has 0 spiro atoms. The summed E-state index contributed by atoms with van der Waals surface area (Å²) in [4.78, 5) is 29.6. The van der Waals surface area contributed by atoms with E-state index >= 15 is 0 Å². The van der Waals surface area contributed by atoms with Crippen molar-refractivity contribution in [3.8, 4) is 0 Å². The van der Waals surface area contributed by atoms with Crippen molar-refractivity contribution in [3.63, 3.8) is 0 Å². The summed E-state index contributed by atoms with van der Waals surface area (Å²) in [5.74, 6) is -1.24. The van der Waals surface area contributed by atoms with E-state index in [1.54, 1.807) is 24.5 Å². The maximum atomic E-state index is 13.0. The molecule has 6 heteroatoms. The summed E-state index contributed by atoms with van der Waals surface area (Å²) in [6.45, 7) is 1.88. The van der Waals surface area contributed by atoms with Gasteiger partial charge in [-0.15, -0.1) is 0 Å². The quantitative estimate of drug-likeness (QED) is 0.387. The van der Waals surface area contributed by atoms with Crippen LogP contribution in [0.1, 0.15) is 27.2 Å². The number of pyridine rings is 2. The van der Waals surface area contributed by atoms with E-state index in [4.69, 9.17) is 11.6 Å². The number of fused-ring (bicyclic) bond motifs is 1. The van der Waals surface area contributed by atoms with Crippen molar-refractivity contribution in [2.75, 3.05) is 5.32 Å². The van der Waals surface area contributed by atoms with Gasteiger partial charge in [-0.05, 0) is 54.4 Å². The van der Waals surface area contributed by atoms with Gasteiger partial charge < -0.3 is 9.72 Å². The van der Waals surface area contributed by atoms with E-state index in [9.17, 15) is 9.59 Å². The molecule has 1 amide bonds. The predicted molar refractivity (Wildman–Crippen MR) is 114 cm³/mol. The van der Waals surface area contributed by atoms with Crippen LogP contribution in [0.4, 0.5) is 5.69 Å². The lowest BCUT2D eigenvalue weighted by molar-refractivity contribution is -0.112. The molecule has 3 aromatic heterocycles. The number of carbonyl (C=O) groups excluding carboxylic acids is 2. The molecule has 0 aliphatic rings. The molecule has 0 saturated carbocycles. The Hall–Kier alpha value is -3.44. The SMILES string of the molecule is Cc1c(C(=O)C(=O)Nc2ccncc2)c2ccccn2c1Cc1ccc(Cl)cc1. The number of hydrogen-bond donors (Lipinski definition) is 1. The van der Waals surface area contributed by atoms with Gasteiger partial charge >= 0.3 is 0 Å². The normalized spacial score (nSPS) is 10.8. The molecule has 3 heterocycles. The van der Waals surface area contributed by atoms with Gasteiger partial charge in [0, 0.05) is 41.4 Å². The highest BCUT2D eigenvalue weighted by Crippen LogP contribution is 2.26. The van der Waals surface area contributed by atoms with Crippen molar-refractivity contribution in [1.29, 1.82) is 0 Å². The maximum absolute atomic E-state index is 13.0. The van der Waals surface area contributed by atoms with Gasteiger partial charge in [0.15, 0.2) is 0 Å². The molecule has 144 valence electrons. The zero-order valence-corrected chi connectivity index (χ0v) is 16.5. The molecule has 4 aromatic rings. The summed E-state index contributed by atoms with van der Waals surface area (Å²) in [5, 5.41) is 3.32. The van der Waals surface area contributed by atoms with Crippen LogP contribution in [0, 0.1) is 6.92 Å². The molecular formula is C23H18ClN3O2. The smallest absolute Gasteiger partial charge is 0.296 e. The van der Waals surface area contributed by atoms with E-state index in [0.29, 0.717) is 28.2 Å². The third kappa shape index (κ3) is 3.77. The Balaban J connectivity index is 1.72. The van der Waals surface area contributed by atoms with Crippen LogP contribution >= 0.6 is 11.6 Å². The Kier molecular flexibility index (Phi) is 5.14. The minimum Gasteiger partial charge on any atom is -0.320 e. The minimum absolute atomic E-state index is 0.418. The number of nitrogens with one attached hydrogen (secondary N) is 1. The molecule has 0 aliphatic carbocycles. The molecule has 0 saturated heterocycles. The lowest BCUT2D eigenvalue weighted by atomic mass is 10.0. The molecule has 5 nitrogen and oxygen atoms in total. The first-order valence-corrected chi connectivity index (χ1v) is 9.51. The van der Waals surface area contributed by atoms with Gasteiger partial charge in [-0.3, -0.25) is 14.6 Å². The average molecular weight is 404 g/mol.